The van der Waals surface area contributed by atoms with E-state index in [-0.39, 0.29) is 5.92 Å². The normalized spacial score (nSPS) is 15.7. The highest BCUT2D eigenvalue weighted by molar-refractivity contribution is 4.97. The Morgan fingerprint density at radius 2 is 2.38 bits per heavy atom. The lowest BCUT2D eigenvalue weighted by molar-refractivity contribution is 0.109. The molecule has 1 rings (SSSR count). The largest absolute Gasteiger partial charge is 0.385 e. The maximum atomic E-state index is 9.83. The van der Waals surface area contributed by atoms with Gasteiger partial charge in [0.1, 0.15) is 11.9 Å². The van der Waals surface area contributed by atoms with Crippen molar-refractivity contribution in [3.8, 4) is 0 Å². The van der Waals surface area contributed by atoms with Gasteiger partial charge in [0.2, 0.25) is 0 Å². The molecule has 1 aromatic rings. The maximum Gasteiger partial charge on any atom is 0.137 e. The molecule has 0 aliphatic rings. The van der Waals surface area contributed by atoms with Crippen molar-refractivity contribution < 1.29 is 5.11 Å². The fourth-order valence-corrected chi connectivity index (χ4v) is 1.24. The molecule has 1 heterocycles. The highest BCUT2D eigenvalue weighted by atomic mass is 16.3. The first-order valence-corrected chi connectivity index (χ1v) is 4.59. The molecule has 0 saturated heterocycles. The third kappa shape index (κ3) is 2.08. The summed E-state index contributed by atoms with van der Waals surface area (Å²) < 4.78 is 1.93. The molecule has 74 valence electrons. The molecule has 0 fully saturated rings. The molecule has 0 aliphatic heterocycles. The first-order valence-electron chi connectivity index (χ1n) is 4.59. The van der Waals surface area contributed by atoms with Crippen molar-refractivity contribution in [2.45, 2.75) is 26.5 Å². The van der Waals surface area contributed by atoms with Crippen LogP contribution in [0.1, 0.15) is 25.8 Å². The van der Waals surface area contributed by atoms with Crippen LogP contribution in [0.3, 0.4) is 0 Å². The summed E-state index contributed by atoms with van der Waals surface area (Å²) >= 11 is 0. The zero-order valence-corrected chi connectivity index (χ0v) is 8.14. The van der Waals surface area contributed by atoms with Gasteiger partial charge in [-0.25, -0.2) is 4.98 Å². The number of aliphatic hydroxyl groups is 1. The smallest absolute Gasteiger partial charge is 0.137 e. The zero-order valence-electron chi connectivity index (χ0n) is 8.14. The van der Waals surface area contributed by atoms with E-state index in [2.05, 4.69) is 4.98 Å². The Labute approximate surface area is 78.4 Å². The lowest BCUT2D eigenvalue weighted by atomic mass is 10.1. The number of hydrogen-bond acceptors (Lipinski definition) is 3. The fraction of sp³-hybridized carbons (Fsp3) is 0.667. The summed E-state index contributed by atoms with van der Waals surface area (Å²) in [6, 6.07) is 0. The summed E-state index contributed by atoms with van der Waals surface area (Å²) in [4.78, 5) is 4.11. The number of aliphatic hydroxyl groups excluding tert-OH is 1. The predicted octanol–water partition coefficient (Wildman–Crippen LogP) is 0.531. The van der Waals surface area contributed by atoms with E-state index >= 15 is 0 Å². The number of aryl methyl sites for hydroxylation is 1. The Morgan fingerprint density at radius 1 is 1.69 bits per heavy atom. The summed E-state index contributed by atoms with van der Waals surface area (Å²) in [5.41, 5.74) is 5.47. The van der Waals surface area contributed by atoms with Crippen LogP contribution in [-0.4, -0.2) is 21.2 Å². The van der Waals surface area contributed by atoms with Crippen LogP contribution in [0, 0.1) is 5.92 Å². The van der Waals surface area contributed by atoms with Crippen LogP contribution >= 0.6 is 0 Å². The van der Waals surface area contributed by atoms with Gasteiger partial charge in [-0.05, 0) is 13.5 Å². The monoisotopic (exact) mass is 183 g/mol. The maximum absolute atomic E-state index is 9.83. The molecule has 4 heteroatoms. The Morgan fingerprint density at radius 3 is 2.92 bits per heavy atom. The van der Waals surface area contributed by atoms with Crippen LogP contribution in [0.5, 0.6) is 0 Å². The van der Waals surface area contributed by atoms with E-state index in [1.54, 1.807) is 6.20 Å². The lowest BCUT2D eigenvalue weighted by Gasteiger charge is -2.17. The number of hydrogen-bond donors (Lipinski definition) is 2. The van der Waals surface area contributed by atoms with Crippen molar-refractivity contribution in [3.63, 3.8) is 0 Å². The van der Waals surface area contributed by atoms with Crippen LogP contribution in [0.15, 0.2) is 12.4 Å². The average Bonchev–Trinajstić information content (AvgIpc) is 2.62. The number of imidazole rings is 1. The van der Waals surface area contributed by atoms with Gasteiger partial charge in [0.25, 0.3) is 0 Å². The molecule has 0 bridgehead atoms. The summed E-state index contributed by atoms with van der Waals surface area (Å²) in [6.07, 6.45) is 3.01. The second-order valence-electron chi connectivity index (χ2n) is 3.23. The van der Waals surface area contributed by atoms with Crippen LogP contribution in [-0.2, 0) is 6.54 Å². The molecular weight excluding hydrogens is 166 g/mol. The predicted molar refractivity (Wildman–Crippen MR) is 51.1 cm³/mol. The molecule has 0 saturated carbocycles. The quantitative estimate of drug-likeness (QED) is 0.715. The molecule has 0 aliphatic carbocycles. The van der Waals surface area contributed by atoms with Gasteiger partial charge in [-0.2, -0.15) is 0 Å². The Hall–Kier alpha value is -0.870. The molecule has 0 amide bonds. The summed E-state index contributed by atoms with van der Waals surface area (Å²) in [5, 5.41) is 9.83. The van der Waals surface area contributed by atoms with E-state index in [9.17, 15) is 5.11 Å². The lowest BCUT2D eigenvalue weighted by Crippen LogP contribution is -2.21. The van der Waals surface area contributed by atoms with E-state index in [0.29, 0.717) is 12.4 Å². The van der Waals surface area contributed by atoms with Crippen LogP contribution in [0.2, 0.25) is 0 Å². The van der Waals surface area contributed by atoms with Crippen LogP contribution in [0.4, 0.5) is 0 Å². The van der Waals surface area contributed by atoms with Gasteiger partial charge in [0, 0.05) is 24.9 Å². The van der Waals surface area contributed by atoms with Gasteiger partial charge >= 0.3 is 0 Å². The molecule has 2 unspecified atom stereocenters. The van der Waals surface area contributed by atoms with Crippen molar-refractivity contribution in [1.82, 2.24) is 9.55 Å². The Kier molecular flexibility index (Phi) is 3.45. The Bertz CT molecular complexity index is 259. The molecule has 0 spiro atoms. The summed E-state index contributed by atoms with van der Waals surface area (Å²) in [7, 11) is 0. The van der Waals surface area contributed by atoms with E-state index in [4.69, 9.17) is 5.73 Å². The van der Waals surface area contributed by atoms with Crippen molar-refractivity contribution in [3.05, 3.63) is 18.2 Å². The summed E-state index contributed by atoms with van der Waals surface area (Å²) in [5.74, 6) is 0.758. The van der Waals surface area contributed by atoms with Gasteiger partial charge in [0.05, 0.1) is 0 Å². The van der Waals surface area contributed by atoms with Crippen molar-refractivity contribution in [1.29, 1.82) is 0 Å². The minimum Gasteiger partial charge on any atom is -0.385 e. The number of aromatic nitrogens is 2. The molecule has 3 N–H and O–H groups in total. The molecule has 1 aromatic heterocycles. The molecular formula is C9H17N3O. The molecule has 0 radical (unpaired) electrons. The standard InChI is InChI=1S/C9H17N3O/c1-3-12-5-4-11-9(12)8(13)7(2)6-10/h4-5,7-8,13H,3,6,10H2,1-2H3. The van der Waals surface area contributed by atoms with Gasteiger partial charge in [-0.1, -0.05) is 6.92 Å². The van der Waals surface area contributed by atoms with Crippen molar-refractivity contribution >= 4 is 0 Å². The number of nitrogens with two attached hydrogens (primary N) is 1. The third-order valence-electron chi connectivity index (χ3n) is 2.26. The first kappa shape index (κ1) is 10.2. The van der Waals surface area contributed by atoms with E-state index in [1.807, 2.05) is 24.6 Å². The first-order chi connectivity index (χ1) is 6.20. The second-order valence-corrected chi connectivity index (χ2v) is 3.23. The van der Waals surface area contributed by atoms with Crippen molar-refractivity contribution in [2.24, 2.45) is 11.7 Å². The second kappa shape index (κ2) is 4.39. The number of rotatable bonds is 4. The fourth-order valence-electron chi connectivity index (χ4n) is 1.24. The molecule has 13 heavy (non-hydrogen) atoms. The Balaban J connectivity index is 2.81. The minimum atomic E-state index is -0.556. The minimum absolute atomic E-state index is 0.0488. The van der Waals surface area contributed by atoms with Crippen molar-refractivity contribution in [2.75, 3.05) is 6.54 Å². The van der Waals surface area contributed by atoms with E-state index in [0.717, 1.165) is 6.54 Å². The average molecular weight is 183 g/mol. The van der Waals surface area contributed by atoms with E-state index in [1.165, 1.54) is 0 Å². The zero-order chi connectivity index (χ0) is 9.84. The molecule has 0 aromatic carbocycles. The van der Waals surface area contributed by atoms with Crippen LogP contribution < -0.4 is 5.73 Å². The topological polar surface area (TPSA) is 64.1 Å². The van der Waals surface area contributed by atoms with E-state index < -0.39 is 6.10 Å². The highest BCUT2D eigenvalue weighted by Crippen LogP contribution is 2.18. The van der Waals surface area contributed by atoms with Crippen LogP contribution in [0.25, 0.3) is 0 Å². The van der Waals surface area contributed by atoms with Gasteiger partial charge < -0.3 is 15.4 Å². The van der Waals surface area contributed by atoms with Gasteiger partial charge in [-0.3, -0.25) is 0 Å². The SMILES string of the molecule is CCn1ccnc1C(O)C(C)CN. The highest BCUT2D eigenvalue weighted by Gasteiger charge is 2.18. The number of nitrogens with zero attached hydrogens (tertiary/aromatic N) is 2. The molecule has 2 atom stereocenters. The summed E-state index contributed by atoms with van der Waals surface area (Å²) in [6.45, 7) is 5.23. The third-order valence-corrected chi connectivity index (χ3v) is 2.26. The van der Waals surface area contributed by atoms with Gasteiger partial charge in [0.15, 0.2) is 0 Å². The molecule has 4 nitrogen and oxygen atoms in total. The van der Waals surface area contributed by atoms with Gasteiger partial charge in [-0.15, -0.1) is 0 Å².